The molecule has 0 unspecified atom stereocenters. The minimum absolute atomic E-state index is 0.432. The first-order chi connectivity index (χ1) is 12.2. The quantitative estimate of drug-likeness (QED) is 0.505. The molecule has 3 aromatic heterocycles. The van der Waals surface area contributed by atoms with E-state index in [1.807, 2.05) is 36.0 Å². The molecule has 0 amide bonds. The first-order valence-corrected chi connectivity index (χ1v) is 8.11. The third-order valence-electron chi connectivity index (χ3n) is 3.66. The van der Waals surface area contributed by atoms with E-state index in [-0.39, 0.29) is 0 Å². The highest BCUT2D eigenvalue weighted by Gasteiger charge is 2.08. The maximum atomic E-state index is 6.22. The van der Waals surface area contributed by atoms with Crippen molar-refractivity contribution in [2.24, 2.45) is 0 Å². The number of aromatic nitrogens is 6. The van der Waals surface area contributed by atoms with Gasteiger partial charge in [-0.15, -0.1) is 0 Å². The van der Waals surface area contributed by atoms with Gasteiger partial charge in [-0.2, -0.15) is 15.2 Å². The van der Waals surface area contributed by atoms with Gasteiger partial charge in [-0.25, -0.2) is 4.98 Å². The molecule has 0 fully saturated rings. The van der Waals surface area contributed by atoms with Crippen LogP contribution in [0.1, 0.15) is 6.92 Å². The zero-order valence-corrected chi connectivity index (χ0v) is 14.1. The summed E-state index contributed by atoms with van der Waals surface area (Å²) >= 11 is 6.22. The van der Waals surface area contributed by atoms with Crippen molar-refractivity contribution < 1.29 is 0 Å². The highest BCUT2D eigenvalue weighted by Crippen LogP contribution is 2.26. The van der Waals surface area contributed by atoms with Gasteiger partial charge in [-0.1, -0.05) is 11.6 Å². The van der Waals surface area contributed by atoms with Crippen molar-refractivity contribution in [1.29, 1.82) is 0 Å². The second kappa shape index (κ2) is 6.40. The average molecular weight is 355 g/mol. The summed E-state index contributed by atoms with van der Waals surface area (Å²) < 4.78 is 1.82. The first-order valence-electron chi connectivity index (χ1n) is 7.73. The van der Waals surface area contributed by atoms with E-state index >= 15 is 0 Å². The molecule has 25 heavy (non-hydrogen) atoms. The molecule has 4 rings (SSSR count). The summed E-state index contributed by atoms with van der Waals surface area (Å²) in [5, 5.41) is 18.9. The Bertz CT molecular complexity index is 1020. The summed E-state index contributed by atoms with van der Waals surface area (Å²) in [4.78, 5) is 8.65. The number of halogens is 1. The van der Waals surface area contributed by atoms with E-state index in [0.29, 0.717) is 16.8 Å². The Morgan fingerprint density at radius 2 is 2.08 bits per heavy atom. The Morgan fingerprint density at radius 1 is 1.16 bits per heavy atom. The smallest absolute Gasteiger partial charge is 0.229 e. The Balaban J connectivity index is 1.58. The lowest BCUT2D eigenvalue weighted by Crippen LogP contribution is -2.01. The van der Waals surface area contributed by atoms with Gasteiger partial charge in [0.25, 0.3) is 0 Å². The molecule has 126 valence electrons. The van der Waals surface area contributed by atoms with Crippen LogP contribution in [0.3, 0.4) is 0 Å². The highest BCUT2D eigenvalue weighted by molar-refractivity contribution is 6.32. The fourth-order valence-electron chi connectivity index (χ4n) is 2.40. The number of nitrogens with one attached hydrogen (secondary N) is 3. The zero-order valence-electron chi connectivity index (χ0n) is 13.4. The monoisotopic (exact) mass is 354 g/mol. The van der Waals surface area contributed by atoms with Gasteiger partial charge >= 0.3 is 0 Å². The molecule has 3 N–H and O–H groups in total. The standard InChI is InChI=1S/C16H15ClN8/c1-2-25-9-12(7-20-25)22-16-18-8-13(17)15(23-16)21-11-3-4-14-10(5-11)6-19-24-14/h3-9H,2H2,1H3,(H,19,24)(H2,18,21,22,23). The molecular weight excluding hydrogens is 340 g/mol. The van der Waals surface area contributed by atoms with Crippen molar-refractivity contribution in [3.05, 3.63) is 48.0 Å². The molecule has 0 radical (unpaired) electrons. The molecule has 9 heteroatoms. The van der Waals surface area contributed by atoms with Gasteiger partial charge in [0.15, 0.2) is 5.82 Å². The predicted molar refractivity (Wildman–Crippen MR) is 97.6 cm³/mol. The van der Waals surface area contributed by atoms with Crippen LogP contribution in [0.5, 0.6) is 0 Å². The lowest BCUT2D eigenvalue weighted by atomic mass is 10.2. The first kappa shape index (κ1) is 15.4. The van der Waals surface area contributed by atoms with E-state index in [1.54, 1.807) is 18.6 Å². The fourth-order valence-corrected chi connectivity index (χ4v) is 2.54. The molecule has 3 heterocycles. The van der Waals surface area contributed by atoms with Crippen LogP contribution >= 0.6 is 11.6 Å². The minimum Gasteiger partial charge on any atom is -0.339 e. The number of aryl methyl sites for hydroxylation is 1. The number of rotatable bonds is 5. The summed E-state index contributed by atoms with van der Waals surface area (Å²) in [6.07, 6.45) is 6.93. The van der Waals surface area contributed by atoms with E-state index in [0.717, 1.165) is 28.8 Å². The van der Waals surface area contributed by atoms with Crippen molar-refractivity contribution in [2.45, 2.75) is 13.5 Å². The van der Waals surface area contributed by atoms with Gasteiger partial charge in [0, 0.05) is 23.8 Å². The van der Waals surface area contributed by atoms with Crippen LogP contribution < -0.4 is 10.6 Å². The number of hydrogen-bond donors (Lipinski definition) is 3. The molecule has 0 bridgehead atoms. The molecule has 8 nitrogen and oxygen atoms in total. The maximum Gasteiger partial charge on any atom is 0.229 e. The average Bonchev–Trinajstić information content (AvgIpc) is 3.26. The lowest BCUT2D eigenvalue weighted by Gasteiger charge is -2.09. The molecule has 0 saturated carbocycles. The van der Waals surface area contributed by atoms with Crippen LogP contribution in [-0.2, 0) is 6.54 Å². The van der Waals surface area contributed by atoms with E-state index in [2.05, 4.69) is 35.9 Å². The molecule has 0 spiro atoms. The number of nitrogens with zero attached hydrogens (tertiary/aromatic N) is 5. The second-order valence-corrected chi connectivity index (χ2v) is 5.80. The van der Waals surface area contributed by atoms with E-state index in [4.69, 9.17) is 11.6 Å². The Labute approximate surface area is 148 Å². The normalized spacial score (nSPS) is 11.0. The molecule has 1 aromatic carbocycles. The molecular formula is C16H15ClN8. The van der Waals surface area contributed by atoms with Crippen molar-refractivity contribution in [1.82, 2.24) is 29.9 Å². The van der Waals surface area contributed by atoms with Crippen LogP contribution in [0.25, 0.3) is 10.9 Å². The van der Waals surface area contributed by atoms with Gasteiger partial charge in [-0.3, -0.25) is 9.78 Å². The summed E-state index contributed by atoms with van der Waals surface area (Å²) in [5.41, 5.74) is 2.64. The summed E-state index contributed by atoms with van der Waals surface area (Å²) in [7, 11) is 0. The van der Waals surface area contributed by atoms with Crippen LogP contribution in [0.2, 0.25) is 5.02 Å². The third-order valence-corrected chi connectivity index (χ3v) is 3.94. The van der Waals surface area contributed by atoms with Crippen LogP contribution in [-0.4, -0.2) is 29.9 Å². The minimum atomic E-state index is 0.432. The maximum absolute atomic E-state index is 6.22. The molecule has 0 saturated heterocycles. The number of benzene rings is 1. The van der Waals surface area contributed by atoms with Crippen molar-refractivity contribution >= 4 is 45.6 Å². The molecule has 0 aliphatic heterocycles. The van der Waals surface area contributed by atoms with Crippen LogP contribution in [0.15, 0.2) is 43.0 Å². The second-order valence-electron chi connectivity index (χ2n) is 5.40. The van der Waals surface area contributed by atoms with Gasteiger partial charge in [0.05, 0.1) is 29.8 Å². The number of fused-ring (bicyclic) bond motifs is 1. The molecule has 4 aromatic rings. The summed E-state index contributed by atoms with van der Waals surface area (Å²) in [6, 6.07) is 5.84. The van der Waals surface area contributed by atoms with E-state index in [1.165, 1.54) is 0 Å². The number of H-pyrrole nitrogens is 1. The fraction of sp³-hybridized carbons (Fsp3) is 0.125. The third kappa shape index (κ3) is 3.24. The van der Waals surface area contributed by atoms with Gasteiger partial charge in [-0.05, 0) is 25.1 Å². The van der Waals surface area contributed by atoms with Gasteiger partial charge in [0.2, 0.25) is 5.95 Å². The van der Waals surface area contributed by atoms with E-state index in [9.17, 15) is 0 Å². The Hall–Kier alpha value is -3.13. The topological polar surface area (TPSA) is 96.3 Å². The summed E-state index contributed by atoms with van der Waals surface area (Å²) in [5.74, 6) is 0.955. The predicted octanol–water partition coefficient (Wildman–Crippen LogP) is 3.71. The lowest BCUT2D eigenvalue weighted by molar-refractivity contribution is 0.660. The molecule has 0 atom stereocenters. The zero-order chi connectivity index (χ0) is 17.2. The van der Waals surface area contributed by atoms with Crippen molar-refractivity contribution in [2.75, 3.05) is 10.6 Å². The Kier molecular flexibility index (Phi) is 3.95. The number of hydrogen-bond acceptors (Lipinski definition) is 6. The van der Waals surface area contributed by atoms with Gasteiger partial charge in [0.1, 0.15) is 5.02 Å². The molecule has 0 aliphatic rings. The summed E-state index contributed by atoms with van der Waals surface area (Å²) in [6.45, 7) is 2.82. The van der Waals surface area contributed by atoms with E-state index < -0.39 is 0 Å². The number of aromatic amines is 1. The Morgan fingerprint density at radius 3 is 2.92 bits per heavy atom. The van der Waals surface area contributed by atoms with Crippen molar-refractivity contribution in [3.63, 3.8) is 0 Å². The van der Waals surface area contributed by atoms with Crippen molar-refractivity contribution in [3.8, 4) is 0 Å². The number of anilines is 4. The SMILES string of the molecule is CCn1cc(Nc2ncc(Cl)c(Nc3ccc4[nH]ncc4c3)n2)cn1. The molecule has 0 aliphatic carbocycles. The van der Waals surface area contributed by atoms with Crippen LogP contribution in [0, 0.1) is 0 Å². The van der Waals surface area contributed by atoms with Gasteiger partial charge < -0.3 is 10.6 Å². The largest absolute Gasteiger partial charge is 0.339 e. The highest BCUT2D eigenvalue weighted by atomic mass is 35.5. The van der Waals surface area contributed by atoms with Crippen LogP contribution in [0.4, 0.5) is 23.1 Å².